The zero-order chi connectivity index (χ0) is 31.9. The van der Waals surface area contributed by atoms with Crippen LogP contribution in [0.1, 0.15) is 0 Å². The zero-order valence-corrected chi connectivity index (χ0v) is 26.2. The molecule has 2 nitrogen and oxygen atoms in total. The number of pyridine rings is 2. The molecule has 2 heteroatoms. The van der Waals surface area contributed by atoms with Crippen molar-refractivity contribution < 1.29 is 0 Å². The summed E-state index contributed by atoms with van der Waals surface area (Å²) in [6.45, 7) is 0. The van der Waals surface area contributed by atoms with Crippen LogP contribution in [0.3, 0.4) is 0 Å². The van der Waals surface area contributed by atoms with Crippen LogP contribution >= 0.6 is 0 Å². The minimum Gasteiger partial charge on any atom is -0.256 e. The number of hydrogen-bond donors (Lipinski definition) is 0. The maximum Gasteiger partial charge on any atom is 0.0701 e. The first kappa shape index (κ1) is 27.9. The van der Waals surface area contributed by atoms with Crippen molar-refractivity contribution in [3.8, 4) is 55.9 Å². The predicted molar refractivity (Wildman–Crippen MR) is 202 cm³/mol. The number of aromatic nitrogens is 2. The Morgan fingerprint density at radius 1 is 0.271 bits per heavy atom. The summed E-state index contributed by atoms with van der Waals surface area (Å²) >= 11 is 0. The molecule has 2 heterocycles. The third kappa shape index (κ3) is 4.92. The van der Waals surface area contributed by atoms with E-state index in [4.69, 9.17) is 0 Å². The van der Waals surface area contributed by atoms with Crippen LogP contribution in [0.2, 0.25) is 0 Å². The first-order valence-electron chi connectivity index (χ1n) is 16.3. The maximum atomic E-state index is 4.58. The Labute approximate surface area is 279 Å². The first-order chi connectivity index (χ1) is 23.8. The molecule has 0 aliphatic carbocycles. The van der Waals surface area contributed by atoms with Gasteiger partial charge >= 0.3 is 0 Å². The van der Waals surface area contributed by atoms with Crippen molar-refractivity contribution in [2.24, 2.45) is 0 Å². The third-order valence-electron chi connectivity index (χ3n) is 9.38. The highest BCUT2D eigenvalue weighted by Crippen LogP contribution is 2.45. The summed E-state index contributed by atoms with van der Waals surface area (Å²) in [6.07, 6.45) is 3.69. The summed E-state index contributed by atoms with van der Waals surface area (Å²) in [6, 6.07) is 61.0. The second kappa shape index (κ2) is 11.8. The molecular weight excluding hydrogens is 581 g/mol. The first-order valence-corrected chi connectivity index (χ1v) is 16.3. The van der Waals surface area contributed by atoms with Crippen molar-refractivity contribution >= 4 is 32.3 Å². The molecular formula is C46H30N2. The molecule has 0 bridgehead atoms. The van der Waals surface area contributed by atoms with Crippen LogP contribution in [0.15, 0.2) is 182 Å². The van der Waals surface area contributed by atoms with E-state index >= 15 is 0 Å². The van der Waals surface area contributed by atoms with Crippen molar-refractivity contribution in [2.75, 3.05) is 0 Å². The Kier molecular flexibility index (Phi) is 6.84. The van der Waals surface area contributed by atoms with Crippen molar-refractivity contribution in [1.82, 2.24) is 9.97 Å². The predicted octanol–water partition coefficient (Wildman–Crippen LogP) is 12.3. The molecule has 7 aromatic carbocycles. The second-order valence-electron chi connectivity index (χ2n) is 12.2. The number of rotatable bonds is 5. The molecule has 0 aliphatic heterocycles. The lowest BCUT2D eigenvalue weighted by molar-refractivity contribution is 1.33. The fourth-order valence-electron chi connectivity index (χ4n) is 7.03. The molecule has 0 amide bonds. The summed E-state index contributed by atoms with van der Waals surface area (Å²) in [7, 11) is 0. The smallest absolute Gasteiger partial charge is 0.0701 e. The molecule has 0 fully saturated rings. The summed E-state index contributed by atoms with van der Waals surface area (Å²) < 4.78 is 0. The van der Waals surface area contributed by atoms with Crippen molar-refractivity contribution in [3.63, 3.8) is 0 Å². The van der Waals surface area contributed by atoms with E-state index in [2.05, 4.69) is 156 Å². The van der Waals surface area contributed by atoms with Crippen LogP contribution in [-0.2, 0) is 0 Å². The molecule has 2 aromatic heterocycles. The lowest BCUT2D eigenvalue weighted by Crippen LogP contribution is -1.92. The number of nitrogens with zero attached hydrogens (tertiary/aromatic N) is 2. The van der Waals surface area contributed by atoms with E-state index in [0.29, 0.717) is 0 Å². The van der Waals surface area contributed by atoms with Gasteiger partial charge < -0.3 is 0 Å². The van der Waals surface area contributed by atoms with Crippen LogP contribution in [0.5, 0.6) is 0 Å². The average Bonchev–Trinajstić information content (AvgIpc) is 3.17. The van der Waals surface area contributed by atoms with Gasteiger partial charge in [0.2, 0.25) is 0 Å². The van der Waals surface area contributed by atoms with Crippen LogP contribution in [0.4, 0.5) is 0 Å². The van der Waals surface area contributed by atoms with Crippen molar-refractivity contribution in [3.05, 3.63) is 182 Å². The van der Waals surface area contributed by atoms with Crippen LogP contribution in [0.25, 0.3) is 88.2 Å². The van der Waals surface area contributed by atoms with E-state index in [9.17, 15) is 0 Å². The molecule has 0 radical (unpaired) electrons. The van der Waals surface area contributed by atoms with E-state index in [0.717, 1.165) is 22.5 Å². The van der Waals surface area contributed by atoms with Gasteiger partial charge in [-0.1, -0.05) is 133 Å². The normalized spacial score (nSPS) is 11.3. The Morgan fingerprint density at radius 3 is 1.29 bits per heavy atom. The van der Waals surface area contributed by atoms with Gasteiger partial charge in [0.15, 0.2) is 0 Å². The molecule has 0 aliphatic rings. The van der Waals surface area contributed by atoms with Crippen LogP contribution in [0, 0.1) is 0 Å². The van der Waals surface area contributed by atoms with Crippen LogP contribution < -0.4 is 0 Å². The molecule has 0 atom stereocenters. The minimum absolute atomic E-state index is 0.974. The van der Waals surface area contributed by atoms with E-state index in [1.807, 2.05) is 36.7 Å². The highest BCUT2D eigenvalue weighted by atomic mass is 14.7. The van der Waals surface area contributed by atoms with Crippen molar-refractivity contribution in [2.45, 2.75) is 0 Å². The highest BCUT2D eigenvalue weighted by molar-refractivity contribution is 6.22. The van der Waals surface area contributed by atoms with Gasteiger partial charge in [-0.05, 0) is 102 Å². The molecule has 48 heavy (non-hydrogen) atoms. The summed E-state index contributed by atoms with van der Waals surface area (Å²) in [4.78, 5) is 9.16. The van der Waals surface area contributed by atoms with E-state index in [1.54, 1.807) is 0 Å². The molecule has 9 rings (SSSR count). The van der Waals surface area contributed by atoms with Gasteiger partial charge in [-0.3, -0.25) is 9.97 Å². The SMILES string of the molecule is c1ccc(-c2ccc(-c3c4ccccc4c(-c4ccc(-c5ccccn5)cc4)c4cc(-c5ccc6ccccc6c5)ccc34)cc2)nc1. The third-order valence-corrected chi connectivity index (χ3v) is 9.38. The van der Waals surface area contributed by atoms with E-state index in [1.165, 1.54) is 65.7 Å². The monoisotopic (exact) mass is 610 g/mol. The lowest BCUT2D eigenvalue weighted by atomic mass is 9.84. The second-order valence-corrected chi connectivity index (χ2v) is 12.2. The summed E-state index contributed by atoms with van der Waals surface area (Å²) in [5.41, 5.74) is 11.4. The van der Waals surface area contributed by atoms with Gasteiger partial charge in [-0.25, -0.2) is 0 Å². The quantitative estimate of drug-likeness (QED) is 0.181. The maximum absolute atomic E-state index is 4.58. The number of hydrogen-bond acceptors (Lipinski definition) is 2. The molecule has 0 spiro atoms. The molecule has 0 N–H and O–H groups in total. The van der Waals surface area contributed by atoms with E-state index in [-0.39, 0.29) is 0 Å². The van der Waals surface area contributed by atoms with Gasteiger partial charge in [0.25, 0.3) is 0 Å². The molecule has 0 saturated carbocycles. The zero-order valence-electron chi connectivity index (χ0n) is 26.2. The fraction of sp³-hybridized carbons (Fsp3) is 0. The number of fused-ring (bicyclic) bond motifs is 3. The summed E-state index contributed by atoms with van der Waals surface area (Å²) in [5.74, 6) is 0. The lowest BCUT2D eigenvalue weighted by Gasteiger charge is -2.19. The largest absolute Gasteiger partial charge is 0.256 e. The van der Waals surface area contributed by atoms with Gasteiger partial charge in [-0.15, -0.1) is 0 Å². The Hall–Kier alpha value is -6.38. The van der Waals surface area contributed by atoms with Gasteiger partial charge in [0.05, 0.1) is 11.4 Å². The van der Waals surface area contributed by atoms with E-state index < -0.39 is 0 Å². The molecule has 0 saturated heterocycles. The Bertz CT molecular complexity index is 2570. The molecule has 9 aromatic rings. The Morgan fingerprint density at radius 2 is 0.708 bits per heavy atom. The number of benzene rings is 7. The highest BCUT2D eigenvalue weighted by Gasteiger charge is 2.18. The topological polar surface area (TPSA) is 25.8 Å². The molecule has 0 unspecified atom stereocenters. The minimum atomic E-state index is 0.974. The Balaban J connectivity index is 1.29. The standard InChI is InChI=1S/C46H30N2/c1-2-10-36-29-37(24-15-31(36)9-1)38-25-26-41-42(30-38)46(35-22-18-33(19-23-35)44-14-6-8-28-48-44)40-12-4-3-11-39(40)45(41)34-20-16-32(17-21-34)43-13-5-7-27-47-43/h1-30H. The van der Waals surface area contributed by atoms with Gasteiger partial charge in [0, 0.05) is 23.5 Å². The molecule has 224 valence electrons. The van der Waals surface area contributed by atoms with Gasteiger partial charge in [-0.2, -0.15) is 0 Å². The average molecular weight is 611 g/mol. The fourth-order valence-corrected chi connectivity index (χ4v) is 7.03. The summed E-state index contributed by atoms with van der Waals surface area (Å²) in [5, 5.41) is 7.42. The van der Waals surface area contributed by atoms with Crippen molar-refractivity contribution in [1.29, 1.82) is 0 Å². The van der Waals surface area contributed by atoms with Crippen LogP contribution in [-0.4, -0.2) is 9.97 Å². The van der Waals surface area contributed by atoms with Gasteiger partial charge in [0.1, 0.15) is 0 Å².